The molecule has 2 aromatic rings. The van der Waals surface area contributed by atoms with E-state index in [0.717, 1.165) is 48.6 Å². The van der Waals surface area contributed by atoms with Crippen molar-refractivity contribution in [1.82, 2.24) is 0 Å². The molecule has 23 heavy (non-hydrogen) atoms. The summed E-state index contributed by atoms with van der Waals surface area (Å²) in [6, 6.07) is 15.3. The third-order valence-corrected chi connectivity index (χ3v) is 10.0. The SMILES string of the molecule is C[N+]1(CC[Si](O)(c2ccccc2)c2cccs2)CCOCC1.[I-]. The molecular formula is C17H24INO2SSi. The summed E-state index contributed by atoms with van der Waals surface area (Å²) in [4.78, 5) is 11.6. The number of hydrogen-bond acceptors (Lipinski definition) is 3. The first-order chi connectivity index (χ1) is 10.6. The summed E-state index contributed by atoms with van der Waals surface area (Å²) >= 11 is 1.69. The van der Waals surface area contributed by atoms with Crippen LogP contribution in [0.4, 0.5) is 0 Å². The maximum atomic E-state index is 11.6. The summed E-state index contributed by atoms with van der Waals surface area (Å²) in [5, 5.41) is 3.19. The molecule has 1 fully saturated rings. The number of thiophene rings is 1. The predicted molar refractivity (Wildman–Crippen MR) is 94.4 cm³/mol. The molecular weight excluding hydrogens is 437 g/mol. The number of hydrogen-bond donors (Lipinski definition) is 1. The highest BCUT2D eigenvalue weighted by Gasteiger charge is 2.40. The fourth-order valence-electron chi connectivity index (χ4n) is 3.08. The van der Waals surface area contributed by atoms with Crippen molar-refractivity contribution in [2.45, 2.75) is 6.04 Å². The molecule has 0 aliphatic carbocycles. The lowest BCUT2D eigenvalue weighted by Gasteiger charge is -2.39. The third kappa shape index (κ3) is 4.43. The fourth-order valence-corrected chi connectivity index (χ4v) is 7.98. The standard InChI is InChI=1S/C17H24NO2SSi.HI/c1-18(9-12-20-13-10-18)11-15-22(19,17-8-5-14-21-17)16-6-3-2-4-7-16;/h2-8,14,19H,9-13,15H2,1H3;1H/q+1;/p-1. The molecule has 1 unspecified atom stereocenters. The van der Waals surface area contributed by atoms with Crippen molar-refractivity contribution in [3.63, 3.8) is 0 Å². The number of halogens is 1. The molecule has 1 saturated heterocycles. The van der Waals surface area contributed by atoms with Crippen molar-refractivity contribution < 1.29 is 38.0 Å². The number of nitrogens with zero attached hydrogens (tertiary/aromatic N) is 1. The first kappa shape index (κ1) is 19.1. The van der Waals surface area contributed by atoms with Crippen LogP contribution in [0.25, 0.3) is 0 Å². The van der Waals surface area contributed by atoms with E-state index in [1.165, 1.54) is 4.50 Å². The highest BCUT2D eigenvalue weighted by atomic mass is 127. The first-order valence-corrected chi connectivity index (χ1v) is 10.9. The number of morpholine rings is 1. The summed E-state index contributed by atoms with van der Waals surface area (Å²) in [5.41, 5.74) is 0. The van der Waals surface area contributed by atoms with E-state index in [0.29, 0.717) is 0 Å². The van der Waals surface area contributed by atoms with E-state index in [2.05, 4.69) is 30.6 Å². The van der Waals surface area contributed by atoms with E-state index < -0.39 is 8.32 Å². The molecule has 6 heteroatoms. The highest BCUT2D eigenvalue weighted by molar-refractivity contribution is 7.26. The quantitative estimate of drug-likeness (QED) is 0.326. The molecule has 1 atom stereocenters. The molecule has 0 bridgehead atoms. The normalized spacial score (nSPS) is 19.6. The smallest absolute Gasteiger partial charge is 0.268 e. The average Bonchev–Trinajstić information content (AvgIpc) is 3.09. The monoisotopic (exact) mass is 461 g/mol. The van der Waals surface area contributed by atoms with Crippen LogP contribution in [0.3, 0.4) is 0 Å². The van der Waals surface area contributed by atoms with Crippen molar-refractivity contribution in [2.75, 3.05) is 39.9 Å². The van der Waals surface area contributed by atoms with Gasteiger partial charge in [-0.3, -0.25) is 0 Å². The fraction of sp³-hybridized carbons (Fsp3) is 0.412. The Morgan fingerprint density at radius 3 is 2.43 bits per heavy atom. The van der Waals surface area contributed by atoms with Crippen LogP contribution in [-0.4, -0.2) is 57.5 Å². The zero-order valence-electron chi connectivity index (χ0n) is 13.5. The van der Waals surface area contributed by atoms with E-state index >= 15 is 0 Å². The Morgan fingerprint density at radius 1 is 1.13 bits per heavy atom. The van der Waals surface area contributed by atoms with E-state index in [1.54, 1.807) is 11.3 Å². The van der Waals surface area contributed by atoms with Gasteiger partial charge in [0.15, 0.2) is 0 Å². The maximum Gasteiger partial charge on any atom is 0.268 e. The molecule has 3 nitrogen and oxygen atoms in total. The Kier molecular flexibility index (Phi) is 6.82. The molecule has 0 spiro atoms. The van der Waals surface area contributed by atoms with Gasteiger partial charge in [0.2, 0.25) is 0 Å². The number of likely N-dealkylation sites (N-methyl/N-ethyl adjacent to an activating group) is 1. The van der Waals surface area contributed by atoms with Crippen LogP contribution in [0.2, 0.25) is 6.04 Å². The maximum absolute atomic E-state index is 11.6. The molecule has 0 radical (unpaired) electrons. The van der Waals surface area contributed by atoms with Crippen molar-refractivity contribution in [3.8, 4) is 0 Å². The van der Waals surface area contributed by atoms with E-state index in [4.69, 9.17) is 4.74 Å². The molecule has 1 aromatic heterocycles. The minimum atomic E-state index is -2.62. The van der Waals surface area contributed by atoms with Crippen LogP contribution in [0.1, 0.15) is 0 Å². The van der Waals surface area contributed by atoms with Crippen LogP contribution < -0.4 is 33.7 Å². The van der Waals surface area contributed by atoms with Crippen LogP contribution >= 0.6 is 11.3 Å². The van der Waals surface area contributed by atoms with Gasteiger partial charge >= 0.3 is 0 Å². The van der Waals surface area contributed by atoms with Gasteiger partial charge in [0.25, 0.3) is 8.32 Å². The van der Waals surface area contributed by atoms with Gasteiger partial charge in [0, 0.05) is 10.5 Å². The van der Waals surface area contributed by atoms with E-state index in [9.17, 15) is 4.80 Å². The topological polar surface area (TPSA) is 29.5 Å². The van der Waals surface area contributed by atoms with Crippen molar-refractivity contribution in [2.24, 2.45) is 0 Å². The molecule has 3 rings (SSSR count). The zero-order chi connectivity index (χ0) is 15.5. The number of ether oxygens (including phenoxy) is 1. The summed E-state index contributed by atoms with van der Waals surface area (Å²) in [6.07, 6.45) is 0. The van der Waals surface area contributed by atoms with Crippen LogP contribution in [0, 0.1) is 0 Å². The van der Waals surface area contributed by atoms with Gasteiger partial charge in [0.05, 0.1) is 26.8 Å². The number of rotatable bonds is 5. The number of quaternary nitrogens is 1. The van der Waals surface area contributed by atoms with Gasteiger partial charge in [-0.2, -0.15) is 11.3 Å². The third-order valence-electron chi connectivity index (χ3n) is 4.74. The van der Waals surface area contributed by atoms with Gasteiger partial charge in [-0.15, -0.1) is 0 Å². The highest BCUT2D eigenvalue weighted by Crippen LogP contribution is 2.16. The Hall–Kier alpha value is -0.253. The molecule has 2 heterocycles. The first-order valence-electron chi connectivity index (χ1n) is 7.86. The lowest BCUT2D eigenvalue weighted by molar-refractivity contribution is -0.915. The second-order valence-corrected chi connectivity index (χ2v) is 11.0. The van der Waals surface area contributed by atoms with Gasteiger partial charge in [-0.05, 0) is 16.6 Å². The Balaban J connectivity index is 0.00000192. The van der Waals surface area contributed by atoms with Crippen molar-refractivity contribution in [1.29, 1.82) is 0 Å². The summed E-state index contributed by atoms with van der Waals surface area (Å²) in [6.45, 7) is 4.77. The molecule has 1 aromatic carbocycles. The average molecular weight is 461 g/mol. The summed E-state index contributed by atoms with van der Waals surface area (Å²) < 4.78 is 7.66. The van der Waals surface area contributed by atoms with Crippen LogP contribution in [-0.2, 0) is 4.74 Å². The van der Waals surface area contributed by atoms with Gasteiger partial charge in [-0.25, -0.2) is 0 Å². The van der Waals surface area contributed by atoms with E-state index in [-0.39, 0.29) is 24.0 Å². The molecule has 1 aliphatic heterocycles. The molecule has 0 saturated carbocycles. The minimum Gasteiger partial charge on any atom is -1.00 e. The minimum absolute atomic E-state index is 0. The second-order valence-electron chi connectivity index (χ2n) is 6.36. The second kappa shape index (κ2) is 8.22. The number of benzene rings is 1. The predicted octanol–water partition coefficient (Wildman–Crippen LogP) is -1.72. The lowest BCUT2D eigenvalue weighted by atomic mass is 10.3. The Labute approximate surface area is 160 Å². The zero-order valence-corrected chi connectivity index (χ0v) is 17.4. The summed E-state index contributed by atoms with van der Waals surface area (Å²) in [7, 11) is -0.330. The van der Waals surface area contributed by atoms with Crippen molar-refractivity contribution in [3.05, 3.63) is 47.8 Å². The largest absolute Gasteiger partial charge is 1.00 e. The van der Waals surface area contributed by atoms with Crippen LogP contribution in [0.15, 0.2) is 47.8 Å². The molecule has 1 aliphatic rings. The van der Waals surface area contributed by atoms with Crippen LogP contribution in [0.5, 0.6) is 0 Å². The van der Waals surface area contributed by atoms with Gasteiger partial charge in [0.1, 0.15) is 13.1 Å². The Morgan fingerprint density at radius 2 is 1.83 bits per heavy atom. The van der Waals surface area contributed by atoms with Gasteiger partial charge < -0.3 is 38.0 Å². The van der Waals surface area contributed by atoms with Gasteiger partial charge in [-0.1, -0.05) is 36.4 Å². The Bertz CT molecular complexity index is 590. The van der Waals surface area contributed by atoms with E-state index in [1.807, 2.05) is 24.3 Å². The molecule has 0 amide bonds. The summed E-state index contributed by atoms with van der Waals surface area (Å²) in [5.74, 6) is 0. The lowest BCUT2D eigenvalue weighted by Crippen LogP contribution is -3.00. The molecule has 1 N–H and O–H groups in total. The van der Waals surface area contributed by atoms with Crippen molar-refractivity contribution >= 4 is 29.3 Å². The molecule has 126 valence electrons.